The Bertz CT molecular complexity index is 1390. The highest BCUT2D eigenvalue weighted by Crippen LogP contribution is 2.32. The van der Waals surface area contributed by atoms with Crippen LogP contribution in [-0.4, -0.2) is 51.3 Å². The number of rotatable bonds is 9. The van der Waals surface area contributed by atoms with E-state index in [4.69, 9.17) is 9.47 Å². The van der Waals surface area contributed by atoms with Crippen LogP contribution in [0.1, 0.15) is 61.3 Å². The molecule has 0 aliphatic heterocycles. The third kappa shape index (κ3) is 9.70. The molecule has 0 amide bonds. The van der Waals surface area contributed by atoms with E-state index in [9.17, 15) is 30.0 Å². The molecular weight excluding hydrogens is 552 g/mol. The zero-order chi connectivity index (χ0) is 30.6. The maximum absolute atomic E-state index is 11.8. The van der Waals surface area contributed by atoms with Crippen molar-refractivity contribution in [3.05, 3.63) is 56.4 Å². The number of thioether (sulfide) groups is 2. The van der Waals surface area contributed by atoms with Crippen LogP contribution in [0.4, 0.5) is 0 Å². The number of ether oxygens (including phenoxy) is 2. The van der Waals surface area contributed by atoms with E-state index in [1.54, 1.807) is 53.7 Å². The van der Waals surface area contributed by atoms with Gasteiger partial charge in [-0.2, -0.15) is 10.5 Å². The first kappa shape index (κ1) is 34.2. The Balaban J connectivity index is 0.000000400. The molecule has 0 bridgehead atoms. The van der Waals surface area contributed by atoms with Gasteiger partial charge in [-0.25, -0.2) is 14.8 Å². The maximum atomic E-state index is 11.8. The highest BCUT2D eigenvalue weighted by Gasteiger charge is 2.28. The van der Waals surface area contributed by atoms with Gasteiger partial charge in [0.25, 0.3) is 0 Å². The van der Waals surface area contributed by atoms with Crippen LogP contribution < -0.4 is 0 Å². The second kappa shape index (κ2) is 16.3. The van der Waals surface area contributed by atoms with E-state index in [2.05, 4.69) is 22.1 Å². The first-order valence-electron chi connectivity index (χ1n) is 12.2. The van der Waals surface area contributed by atoms with E-state index in [1.807, 2.05) is 0 Å². The first-order valence-corrected chi connectivity index (χ1v) is 13.9. The number of nitrogens with zero attached hydrogens (tertiary/aromatic N) is 4. The predicted octanol–water partition coefficient (Wildman–Crippen LogP) is 5.20. The molecule has 0 aliphatic carbocycles. The number of aromatic nitrogens is 2. The van der Waals surface area contributed by atoms with Crippen molar-refractivity contribution >= 4 is 41.2 Å². The average Bonchev–Trinajstić information content (AvgIpc) is 2.85. The lowest BCUT2D eigenvalue weighted by atomic mass is 10.1. The van der Waals surface area contributed by atoms with Crippen molar-refractivity contribution in [2.75, 3.05) is 13.2 Å². The summed E-state index contributed by atoms with van der Waals surface area (Å²) < 4.78 is 9.76. The number of carbonyl (C=O) groups excluding carboxylic acids is 3. The molecule has 10 nitrogen and oxygen atoms in total. The second-order valence-corrected chi connectivity index (χ2v) is 10.4. The van der Waals surface area contributed by atoms with Gasteiger partial charge in [-0.05, 0) is 78.6 Å². The molecule has 12 heteroatoms. The number of aryl methyl sites for hydroxylation is 4. The van der Waals surface area contributed by atoms with Crippen LogP contribution in [-0.2, 0) is 23.9 Å². The standard InChI is InChI=1S/2C14H16N2O3S/c2*1-5-19-14(18)12(10(4)17)20-13-11(7-15)8(2)6-9(3)16-13/h6,17H,5H2,1-4H3;6,12H,5H2,1-4H3/b12-10-;. The van der Waals surface area contributed by atoms with Crippen molar-refractivity contribution in [1.29, 1.82) is 10.5 Å². The minimum atomic E-state index is -0.990. The van der Waals surface area contributed by atoms with Crippen LogP contribution in [0, 0.1) is 50.4 Å². The van der Waals surface area contributed by atoms with Crippen LogP contribution in [0.25, 0.3) is 0 Å². The normalized spacial score (nSPS) is 11.6. The monoisotopic (exact) mass is 584 g/mol. The fourth-order valence-electron chi connectivity index (χ4n) is 3.22. The molecule has 0 saturated heterocycles. The van der Waals surface area contributed by atoms with Gasteiger partial charge in [0.15, 0.2) is 11.0 Å². The summed E-state index contributed by atoms with van der Waals surface area (Å²) >= 11 is 1.91. The molecule has 2 heterocycles. The fraction of sp³-hybridized carbons (Fsp3) is 0.393. The topological polar surface area (TPSA) is 163 Å². The fourth-order valence-corrected chi connectivity index (χ4v) is 5.28. The van der Waals surface area contributed by atoms with Gasteiger partial charge < -0.3 is 14.6 Å². The maximum Gasteiger partial charge on any atom is 0.348 e. The highest BCUT2D eigenvalue weighted by molar-refractivity contribution is 8.04. The smallest absolute Gasteiger partial charge is 0.348 e. The van der Waals surface area contributed by atoms with Crippen molar-refractivity contribution in [2.24, 2.45) is 0 Å². The average molecular weight is 585 g/mol. The molecule has 0 aliphatic rings. The third-order valence-corrected chi connectivity index (χ3v) is 7.37. The number of ketones is 1. The van der Waals surface area contributed by atoms with Crippen molar-refractivity contribution < 1.29 is 29.0 Å². The summed E-state index contributed by atoms with van der Waals surface area (Å²) in [6, 6.07) is 7.71. The van der Waals surface area contributed by atoms with E-state index in [-0.39, 0.29) is 29.7 Å². The van der Waals surface area contributed by atoms with Crippen LogP contribution in [0.5, 0.6) is 0 Å². The molecule has 2 aromatic heterocycles. The Labute approximate surface area is 242 Å². The number of esters is 2. The SMILES string of the molecule is CCOC(=O)/C(Sc1nc(C)cc(C)c1C#N)=C(\C)O.CCOC(=O)C(Sc1nc(C)cc(C)c1C#N)C(C)=O. The third-order valence-electron chi connectivity index (χ3n) is 4.93. The molecule has 0 fully saturated rings. The van der Waals surface area contributed by atoms with Crippen molar-refractivity contribution in [2.45, 2.75) is 70.7 Å². The van der Waals surface area contributed by atoms with Crippen molar-refractivity contribution in [3.8, 4) is 12.1 Å². The number of pyridine rings is 2. The molecule has 1 atom stereocenters. The van der Waals surface area contributed by atoms with Gasteiger partial charge in [0.05, 0.1) is 24.3 Å². The molecule has 40 heavy (non-hydrogen) atoms. The summed E-state index contributed by atoms with van der Waals surface area (Å²) in [5.74, 6) is -1.70. The highest BCUT2D eigenvalue weighted by atomic mass is 32.2. The summed E-state index contributed by atoms with van der Waals surface area (Å²) in [6.07, 6.45) is 0. The number of carbonyl (C=O) groups is 3. The van der Waals surface area contributed by atoms with E-state index < -0.39 is 17.2 Å². The molecule has 1 unspecified atom stereocenters. The first-order chi connectivity index (χ1) is 18.8. The molecule has 0 spiro atoms. The molecule has 212 valence electrons. The van der Waals surface area contributed by atoms with Gasteiger partial charge in [0.1, 0.15) is 32.9 Å². The lowest BCUT2D eigenvalue weighted by Crippen LogP contribution is -2.27. The minimum absolute atomic E-state index is 0.0425. The number of hydrogen-bond donors (Lipinski definition) is 1. The Morgan fingerprint density at radius 2 is 1.38 bits per heavy atom. The van der Waals surface area contributed by atoms with E-state index >= 15 is 0 Å². The van der Waals surface area contributed by atoms with Crippen LogP contribution in [0.2, 0.25) is 0 Å². The van der Waals surface area contributed by atoms with Gasteiger partial charge in [-0.15, -0.1) is 0 Å². The molecule has 1 N–H and O–H groups in total. The summed E-state index contributed by atoms with van der Waals surface area (Å²) in [6.45, 7) is 13.7. The summed E-state index contributed by atoms with van der Waals surface area (Å²) in [5.41, 5.74) is 3.80. The lowest BCUT2D eigenvalue weighted by Gasteiger charge is -2.13. The van der Waals surface area contributed by atoms with Crippen molar-refractivity contribution in [1.82, 2.24) is 9.97 Å². The number of aliphatic hydroxyl groups is 1. The Morgan fingerprint density at radius 1 is 0.900 bits per heavy atom. The zero-order valence-corrected chi connectivity index (χ0v) is 25.4. The molecule has 2 rings (SSSR count). The number of nitriles is 2. The number of Topliss-reactive ketones (excluding diaryl/α,β-unsaturated/α-hetero) is 1. The zero-order valence-electron chi connectivity index (χ0n) is 23.7. The van der Waals surface area contributed by atoms with Gasteiger partial charge in [0, 0.05) is 11.4 Å². The van der Waals surface area contributed by atoms with E-state index in [0.29, 0.717) is 21.2 Å². The molecule has 0 saturated carbocycles. The minimum Gasteiger partial charge on any atom is -0.511 e. The number of aliphatic hydroxyl groups excluding tert-OH is 1. The van der Waals surface area contributed by atoms with Gasteiger partial charge >= 0.3 is 11.9 Å². The molecule has 0 radical (unpaired) electrons. The molecule has 0 aromatic carbocycles. The van der Waals surface area contributed by atoms with E-state index in [1.165, 1.54) is 13.8 Å². The second-order valence-electron chi connectivity index (χ2n) is 8.34. The number of hydrogen-bond acceptors (Lipinski definition) is 12. The van der Waals surface area contributed by atoms with Crippen LogP contribution in [0.3, 0.4) is 0 Å². The molecular formula is C28H32N4O6S2. The predicted molar refractivity (Wildman–Crippen MR) is 152 cm³/mol. The van der Waals surface area contributed by atoms with E-state index in [0.717, 1.165) is 46.0 Å². The quantitative estimate of drug-likeness (QED) is 0.135. The Kier molecular flexibility index (Phi) is 13.9. The lowest BCUT2D eigenvalue weighted by molar-refractivity contribution is -0.144. The van der Waals surface area contributed by atoms with Gasteiger partial charge in [-0.3, -0.25) is 9.59 Å². The van der Waals surface area contributed by atoms with Crippen LogP contribution in [0.15, 0.2) is 32.8 Å². The van der Waals surface area contributed by atoms with Gasteiger partial charge in [0.2, 0.25) is 0 Å². The summed E-state index contributed by atoms with van der Waals surface area (Å²) in [4.78, 5) is 43.7. The van der Waals surface area contributed by atoms with Crippen molar-refractivity contribution in [3.63, 3.8) is 0 Å². The molecule has 2 aromatic rings. The van der Waals surface area contributed by atoms with Crippen LogP contribution >= 0.6 is 23.5 Å². The Hall–Kier alpha value is -3.87. The summed E-state index contributed by atoms with van der Waals surface area (Å²) in [7, 11) is 0. The Morgan fingerprint density at radius 3 is 1.80 bits per heavy atom. The summed E-state index contributed by atoms with van der Waals surface area (Å²) in [5, 5.41) is 27.8. The number of allylic oxidation sites excluding steroid dienone is 1. The largest absolute Gasteiger partial charge is 0.511 e. The van der Waals surface area contributed by atoms with Gasteiger partial charge in [-0.1, -0.05) is 23.5 Å².